The van der Waals surface area contributed by atoms with Crippen molar-refractivity contribution in [3.8, 4) is 33.6 Å². The maximum atomic E-state index is 5.21. The monoisotopic (exact) mass is 667 g/mol. The molecular formula is C47H29N3S. The molecule has 11 aromatic rings. The largest absolute Gasteiger partial charge is 0.308 e. The number of pyridine rings is 1. The Bertz CT molecular complexity index is 3100. The van der Waals surface area contributed by atoms with Gasteiger partial charge in [-0.2, -0.15) is 0 Å². The SMILES string of the molecule is c1cc(-c2cccc(-n3c4ccccc4c4cc(-n5c6ccccc6c6ccccc65)cnc43)c2)cc(-c2cccc3c2sc2ccccc23)c1. The van der Waals surface area contributed by atoms with Crippen LogP contribution in [0.2, 0.25) is 0 Å². The van der Waals surface area contributed by atoms with Gasteiger partial charge in [-0.1, -0.05) is 121 Å². The fourth-order valence-corrected chi connectivity index (χ4v) is 9.32. The van der Waals surface area contributed by atoms with E-state index in [1.165, 1.54) is 69.6 Å². The Morgan fingerprint density at radius 2 is 0.961 bits per heavy atom. The second-order valence-corrected chi connectivity index (χ2v) is 14.3. The summed E-state index contributed by atoms with van der Waals surface area (Å²) in [6.07, 6.45) is 2.03. The molecule has 0 amide bonds. The average Bonchev–Trinajstić information content (AvgIpc) is 3.86. The minimum atomic E-state index is 0.947. The van der Waals surface area contributed by atoms with Gasteiger partial charge in [-0.05, 0) is 70.8 Å². The van der Waals surface area contributed by atoms with Crippen molar-refractivity contribution in [1.29, 1.82) is 0 Å². The van der Waals surface area contributed by atoms with Gasteiger partial charge >= 0.3 is 0 Å². The first-order chi connectivity index (χ1) is 25.3. The van der Waals surface area contributed by atoms with E-state index in [4.69, 9.17) is 4.98 Å². The molecule has 0 unspecified atom stereocenters. The van der Waals surface area contributed by atoms with Crippen LogP contribution in [0, 0.1) is 0 Å². The molecule has 0 radical (unpaired) electrons. The molecule has 0 bridgehead atoms. The number of rotatable bonds is 4. The van der Waals surface area contributed by atoms with E-state index in [0.29, 0.717) is 0 Å². The van der Waals surface area contributed by atoms with Crippen molar-refractivity contribution >= 4 is 75.3 Å². The molecule has 51 heavy (non-hydrogen) atoms. The molecule has 0 aliphatic rings. The van der Waals surface area contributed by atoms with Crippen LogP contribution in [-0.4, -0.2) is 14.1 Å². The molecule has 4 heteroatoms. The third-order valence-electron chi connectivity index (χ3n) is 10.4. The number of aromatic nitrogens is 3. The van der Waals surface area contributed by atoms with Gasteiger partial charge in [0.15, 0.2) is 0 Å². The third-order valence-corrected chi connectivity index (χ3v) is 11.6. The number of nitrogens with zero attached hydrogens (tertiary/aromatic N) is 3. The molecule has 0 saturated heterocycles. The molecule has 7 aromatic carbocycles. The standard InChI is InChI=1S/C47H29N3S/c1-5-22-42-36(16-1)37-17-2-6-23-43(37)49(42)34-28-41-38-18-3-7-24-44(38)50(47(41)48-29-34)33-15-10-13-31(27-33)30-12-9-14-32(26-30)35-20-11-21-40-39-19-4-8-25-45(39)51-46(35)40/h1-29H. The van der Waals surface area contributed by atoms with Crippen molar-refractivity contribution in [2.24, 2.45) is 0 Å². The van der Waals surface area contributed by atoms with Crippen molar-refractivity contribution in [2.75, 3.05) is 0 Å². The molecule has 0 spiro atoms. The summed E-state index contributed by atoms with van der Waals surface area (Å²) in [4.78, 5) is 5.21. The first-order valence-electron chi connectivity index (χ1n) is 17.3. The van der Waals surface area contributed by atoms with Crippen LogP contribution in [0.5, 0.6) is 0 Å². The van der Waals surface area contributed by atoms with E-state index in [-0.39, 0.29) is 0 Å². The molecule has 0 aliphatic carbocycles. The van der Waals surface area contributed by atoms with Crippen LogP contribution in [0.4, 0.5) is 0 Å². The minimum absolute atomic E-state index is 0.947. The highest BCUT2D eigenvalue weighted by Crippen LogP contribution is 2.41. The van der Waals surface area contributed by atoms with Crippen LogP contribution in [0.3, 0.4) is 0 Å². The molecule has 0 fully saturated rings. The number of para-hydroxylation sites is 3. The third kappa shape index (κ3) is 4.27. The topological polar surface area (TPSA) is 22.8 Å². The highest BCUT2D eigenvalue weighted by atomic mass is 32.1. The molecule has 4 aromatic heterocycles. The zero-order valence-corrected chi connectivity index (χ0v) is 28.3. The predicted molar refractivity (Wildman–Crippen MR) is 217 cm³/mol. The van der Waals surface area contributed by atoms with E-state index >= 15 is 0 Å². The lowest BCUT2D eigenvalue weighted by Crippen LogP contribution is -1.98. The maximum absolute atomic E-state index is 5.21. The maximum Gasteiger partial charge on any atom is 0.145 e. The Balaban J connectivity index is 1.06. The summed E-state index contributed by atoms with van der Waals surface area (Å²) in [7, 11) is 0. The second kappa shape index (κ2) is 11.0. The summed E-state index contributed by atoms with van der Waals surface area (Å²) in [5, 5.41) is 7.46. The van der Waals surface area contributed by atoms with Crippen LogP contribution in [-0.2, 0) is 0 Å². The molecule has 11 rings (SSSR count). The zero-order valence-electron chi connectivity index (χ0n) is 27.5. The molecule has 3 nitrogen and oxygen atoms in total. The van der Waals surface area contributed by atoms with Gasteiger partial charge < -0.3 is 4.57 Å². The Labute approximate surface area is 297 Å². The van der Waals surface area contributed by atoms with E-state index in [1.807, 2.05) is 17.5 Å². The van der Waals surface area contributed by atoms with Crippen LogP contribution < -0.4 is 0 Å². The molecule has 4 heterocycles. The average molecular weight is 668 g/mol. The van der Waals surface area contributed by atoms with Crippen molar-refractivity contribution in [3.05, 3.63) is 176 Å². The van der Waals surface area contributed by atoms with Crippen LogP contribution >= 0.6 is 11.3 Å². The number of fused-ring (bicyclic) bond motifs is 9. The van der Waals surface area contributed by atoms with E-state index in [0.717, 1.165) is 27.9 Å². The summed E-state index contributed by atoms with van der Waals surface area (Å²) in [6.45, 7) is 0. The van der Waals surface area contributed by atoms with Gasteiger partial charge in [-0.3, -0.25) is 4.57 Å². The number of thiophene rings is 1. The van der Waals surface area contributed by atoms with Crippen LogP contribution in [0.25, 0.3) is 97.5 Å². The minimum Gasteiger partial charge on any atom is -0.308 e. The van der Waals surface area contributed by atoms with Gasteiger partial charge in [-0.15, -0.1) is 11.3 Å². The van der Waals surface area contributed by atoms with Gasteiger partial charge in [-0.25, -0.2) is 4.98 Å². The summed E-state index contributed by atoms with van der Waals surface area (Å²) >= 11 is 1.88. The fourth-order valence-electron chi connectivity index (χ4n) is 8.08. The van der Waals surface area contributed by atoms with Gasteiger partial charge in [0.25, 0.3) is 0 Å². The molecular weight excluding hydrogens is 639 g/mol. The lowest BCUT2D eigenvalue weighted by atomic mass is 9.97. The molecule has 0 atom stereocenters. The summed E-state index contributed by atoms with van der Waals surface area (Å²) in [5.74, 6) is 0. The van der Waals surface area contributed by atoms with E-state index < -0.39 is 0 Å². The molecule has 0 N–H and O–H groups in total. The lowest BCUT2D eigenvalue weighted by Gasteiger charge is -2.12. The molecule has 0 aliphatic heterocycles. The van der Waals surface area contributed by atoms with Gasteiger partial charge in [0, 0.05) is 47.4 Å². The van der Waals surface area contributed by atoms with E-state index in [1.54, 1.807) is 0 Å². The van der Waals surface area contributed by atoms with E-state index in [9.17, 15) is 0 Å². The summed E-state index contributed by atoms with van der Waals surface area (Å²) < 4.78 is 7.31. The van der Waals surface area contributed by atoms with Crippen molar-refractivity contribution in [2.45, 2.75) is 0 Å². The normalized spacial score (nSPS) is 11.9. The van der Waals surface area contributed by atoms with Gasteiger partial charge in [0.05, 0.1) is 28.4 Å². The summed E-state index contributed by atoms with van der Waals surface area (Å²) in [6, 6.07) is 61.5. The quantitative estimate of drug-likeness (QED) is 0.183. The molecule has 0 saturated carbocycles. The Morgan fingerprint density at radius 1 is 0.392 bits per heavy atom. The zero-order chi connectivity index (χ0) is 33.5. The number of benzene rings is 7. The van der Waals surface area contributed by atoms with Gasteiger partial charge in [0.2, 0.25) is 0 Å². The van der Waals surface area contributed by atoms with Crippen molar-refractivity contribution < 1.29 is 0 Å². The smallest absolute Gasteiger partial charge is 0.145 e. The fraction of sp³-hybridized carbons (Fsp3) is 0. The number of hydrogen-bond acceptors (Lipinski definition) is 2. The van der Waals surface area contributed by atoms with Crippen molar-refractivity contribution in [3.63, 3.8) is 0 Å². The van der Waals surface area contributed by atoms with Crippen LogP contribution in [0.1, 0.15) is 0 Å². The first kappa shape index (κ1) is 28.4. The number of hydrogen-bond donors (Lipinski definition) is 0. The van der Waals surface area contributed by atoms with E-state index in [2.05, 4.69) is 179 Å². The first-order valence-corrected chi connectivity index (χ1v) is 18.1. The lowest BCUT2D eigenvalue weighted by molar-refractivity contribution is 1.11. The Morgan fingerprint density at radius 3 is 1.73 bits per heavy atom. The highest BCUT2D eigenvalue weighted by molar-refractivity contribution is 7.26. The highest BCUT2D eigenvalue weighted by Gasteiger charge is 2.18. The van der Waals surface area contributed by atoms with Gasteiger partial charge in [0.1, 0.15) is 5.65 Å². The van der Waals surface area contributed by atoms with Crippen molar-refractivity contribution in [1.82, 2.24) is 14.1 Å². The Hall–Kier alpha value is -6.49. The predicted octanol–water partition coefficient (Wildman–Crippen LogP) is 13.0. The second-order valence-electron chi connectivity index (χ2n) is 13.2. The molecule has 238 valence electrons. The Kier molecular flexibility index (Phi) is 6.12. The summed E-state index contributed by atoms with van der Waals surface area (Å²) in [5.41, 5.74) is 11.5. The van der Waals surface area contributed by atoms with Crippen LogP contribution in [0.15, 0.2) is 176 Å².